The second kappa shape index (κ2) is 5.99. The lowest BCUT2D eigenvalue weighted by molar-refractivity contribution is -0.120. The summed E-state index contributed by atoms with van der Waals surface area (Å²) in [5, 5.41) is 10.2. The molecular weight excluding hydrogens is 298 g/mol. The maximum Gasteiger partial charge on any atom is 0.254 e. The number of carbonyl (C=O) groups excluding carboxylic acids is 1. The molecule has 2 heterocycles. The van der Waals surface area contributed by atoms with E-state index in [0.29, 0.717) is 34.7 Å². The number of H-pyrrole nitrogens is 1. The number of hydrogen-bond donors (Lipinski definition) is 2. The van der Waals surface area contributed by atoms with Gasteiger partial charge < -0.3 is 10.3 Å². The van der Waals surface area contributed by atoms with E-state index in [1.54, 1.807) is 26.0 Å². The van der Waals surface area contributed by atoms with Gasteiger partial charge in [-0.15, -0.1) is 0 Å². The largest absolute Gasteiger partial charge is 0.352 e. The second-order valence-electron chi connectivity index (χ2n) is 5.26. The topological polar surface area (TPSA) is 114 Å². The fourth-order valence-electron chi connectivity index (χ4n) is 2.32. The monoisotopic (exact) mass is 313 g/mol. The fourth-order valence-corrected chi connectivity index (χ4v) is 2.32. The fraction of sp³-hybridized carbons (Fsp3) is 0.267. The number of aromatic nitrogens is 4. The minimum absolute atomic E-state index is 0.0117. The molecule has 0 radical (unpaired) electrons. The number of amides is 1. The molecule has 2 aromatic heterocycles. The van der Waals surface area contributed by atoms with E-state index in [1.165, 1.54) is 0 Å². The van der Waals surface area contributed by atoms with Gasteiger partial charge in [-0.1, -0.05) is 6.07 Å². The van der Waals surface area contributed by atoms with Gasteiger partial charge in [0, 0.05) is 17.8 Å². The van der Waals surface area contributed by atoms with E-state index in [9.17, 15) is 9.59 Å². The third kappa shape index (κ3) is 3.25. The zero-order valence-corrected chi connectivity index (χ0v) is 12.7. The predicted octanol–water partition coefficient (Wildman–Crippen LogP) is 0.782. The summed E-state index contributed by atoms with van der Waals surface area (Å²) < 4.78 is 4.63. The molecule has 1 amide bonds. The molecule has 8 heteroatoms. The third-order valence-electron chi connectivity index (χ3n) is 3.49. The van der Waals surface area contributed by atoms with Crippen LogP contribution in [-0.4, -0.2) is 26.2 Å². The van der Waals surface area contributed by atoms with Gasteiger partial charge in [-0.3, -0.25) is 9.59 Å². The van der Waals surface area contributed by atoms with Crippen LogP contribution in [0.25, 0.3) is 11.0 Å². The van der Waals surface area contributed by atoms with Crippen LogP contribution in [0.2, 0.25) is 0 Å². The summed E-state index contributed by atoms with van der Waals surface area (Å²) in [5.41, 5.74) is 2.83. The standard InChI is InChI=1S/C15H15N5O3/c1-8-11(15(22)18-9(2)17-8)6-14(21)16-7-10-3-4-12-13(5-10)20-23-19-12/h3-5H,6-7H2,1-2H3,(H,16,21)(H,17,18,22). The van der Waals surface area contributed by atoms with E-state index in [2.05, 4.69) is 30.2 Å². The lowest BCUT2D eigenvalue weighted by Gasteiger charge is -2.07. The molecule has 2 N–H and O–H groups in total. The Hall–Kier alpha value is -3.03. The SMILES string of the molecule is Cc1nc(C)c(CC(=O)NCc2ccc3nonc3c2)c(=O)[nH]1. The number of hydrogen-bond acceptors (Lipinski definition) is 6. The average molecular weight is 313 g/mol. The van der Waals surface area contributed by atoms with Crippen LogP contribution < -0.4 is 10.9 Å². The Morgan fingerprint density at radius 3 is 2.83 bits per heavy atom. The lowest BCUT2D eigenvalue weighted by Crippen LogP contribution is -2.29. The molecular formula is C15H15N5O3. The summed E-state index contributed by atoms with van der Waals surface area (Å²) in [6.07, 6.45) is -0.0117. The summed E-state index contributed by atoms with van der Waals surface area (Å²) >= 11 is 0. The summed E-state index contributed by atoms with van der Waals surface area (Å²) in [7, 11) is 0. The summed E-state index contributed by atoms with van der Waals surface area (Å²) in [6, 6.07) is 5.39. The molecule has 0 unspecified atom stereocenters. The number of aromatic amines is 1. The Labute approximate surface area is 130 Å². The predicted molar refractivity (Wildman–Crippen MR) is 81.7 cm³/mol. The highest BCUT2D eigenvalue weighted by Crippen LogP contribution is 2.11. The normalized spacial score (nSPS) is 10.9. The molecule has 1 aromatic carbocycles. The van der Waals surface area contributed by atoms with Crippen LogP contribution in [0.3, 0.4) is 0 Å². The van der Waals surface area contributed by atoms with Crippen molar-refractivity contribution in [3.05, 3.63) is 51.2 Å². The number of carbonyl (C=O) groups is 1. The van der Waals surface area contributed by atoms with Gasteiger partial charge in [-0.2, -0.15) is 0 Å². The molecule has 0 atom stereocenters. The molecule has 0 aliphatic rings. The summed E-state index contributed by atoms with van der Waals surface area (Å²) in [4.78, 5) is 30.7. The number of benzene rings is 1. The van der Waals surface area contributed by atoms with Crippen LogP contribution in [0.4, 0.5) is 0 Å². The first-order valence-corrected chi connectivity index (χ1v) is 7.07. The number of rotatable bonds is 4. The van der Waals surface area contributed by atoms with E-state index in [1.807, 2.05) is 6.07 Å². The van der Waals surface area contributed by atoms with Gasteiger partial charge >= 0.3 is 0 Å². The van der Waals surface area contributed by atoms with Crippen LogP contribution in [0.1, 0.15) is 22.6 Å². The van der Waals surface area contributed by atoms with Crippen molar-refractivity contribution in [1.82, 2.24) is 25.6 Å². The van der Waals surface area contributed by atoms with E-state index < -0.39 is 0 Å². The summed E-state index contributed by atoms with van der Waals surface area (Å²) in [6.45, 7) is 3.75. The van der Waals surface area contributed by atoms with Gasteiger partial charge in [0.05, 0.1) is 6.42 Å². The second-order valence-corrected chi connectivity index (χ2v) is 5.26. The highest BCUT2D eigenvalue weighted by molar-refractivity contribution is 5.79. The number of fused-ring (bicyclic) bond motifs is 1. The first-order valence-electron chi connectivity index (χ1n) is 7.07. The van der Waals surface area contributed by atoms with Crippen LogP contribution in [0.5, 0.6) is 0 Å². The number of nitrogens with one attached hydrogen (secondary N) is 2. The maximum absolute atomic E-state index is 12.1. The third-order valence-corrected chi connectivity index (χ3v) is 3.49. The Morgan fingerprint density at radius 2 is 2.04 bits per heavy atom. The Kier molecular flexibility index (Phi) is 3.88. The number of aryl methyl sites for hydroxylation is 2. The Balaban J connectivity index is 1.67. The molecule has 8 nitrogen and oxygen atoms in total. The molecule has 3 rings (SSSR count). The summed E-state index contributed by atoms with van der Waals surface area (Å²) in [5.74, 6) is 0.286. The van der Waals surface area contributed by atoms with Gasteiger partial charge in [-0.25, -0.2) is 9.61 Å². The van der Waals surface area contributed by atoms with Crippen molar-refractivity contribution in [3.8, 4) is 0 Å². The average Bonchev–Trinajstić information content (AvgIpc) is 2.96. The first kappa shape index (κ1) is 14.9. The molecule has 0 aliphatic carbocycles. The van der Waals surface area contributed by atoms with Gasteiger partial charge in [0.2, 0.25) is 5.91 Å². The van der Waals surface area contributed by atoms with Gasteiger partial charge in [-0.05, 0) is 41.9 Å². The zero-order chi connectivity index (χ0) is 16.4. The molecule has 0 bridgehead atoms. The van der Waals surface area contributed by atoms with Crippen LogP contribution in [0.15, 0.2) is 27.6 Å². The van der Waals surface area contributed by atoms with Gasteiger partial charge in [0.15, 0.2) is 0 Å². The molecule has 0 fully saturated rings. The molecule has 0 spiro atoms. The van der Waals surface area contributed by atoms with E-state index >= 15 is 0 Å². The highest BCUT2D eigenvalue weighted by atomic mass is 16.6. The van der Waals surface area contributed by atoms with Gasteiger partial charge in [0.25, 0.3) is 5.56 Å². The minimum atomic E-state index is -0.278. The molecule has 3 aromatic rings. The first-order chi connectivity index (χ1) is 11.0. The Morgan fingerprint density at radius 1 is 1.26 bits per heavy atom. The lowest BCUT2D eigenvalue weighted by atomic mass is 10.1. The highest BCUT2D eigenvalue weighted by Gasteiger charge is 2.12. The van der Waals surface area contributed by atoms with E-state index in [-0.39, 0.29) is 17.9 Å². The number of nitrogens with zero attached hydrogens (tertiary/aromatic N) is 3. The van der Waals surface area contributed by atoms with Crippen molar-refractivity contribution in [2.24, 2.45) is 0 Å². The molecule has 0 saturated carbocycles. The molecule has 118 valence electrons. The van der Waals surface area contributed by atoms with Crippen LogP contribution in [0, 0.1) is 13.8 Å². The molecule has 23 heavy (non-hydrogen) atoms. The van der Waals surface area contributed by atoms with Crippen LogP contribution >= 0.6 is 0 Å². The van der Waals surface area contributed by atoms with Crippen molar-refractivity contribution < 1.29 is 9.42 Å². The van der Waals surface area contributed by atoms with Gasteiger partial charge in [0.1, 0.15) is 16.9 Å². The Bertz CT molecular complexity index is 928. The molecule has 0 saturated heterocycles. The quantitative estimate of drug-likeness (QED) is 0.736. The van der Waals surface area contributed by atoms with Crippen molar-refractivity contribution in [2.75, 3.05) is 0 Å². The zero-order valence-electron chi connectivity index (χ0n) is 12.7. The van der Waals surface area contributed by atoms with Crippen LogP contribution in [-0.2, 0) is 17.8 Å². The molecule has 0 aliphatic heterocycles. The van der Waals surface area contributed by atoms with Crippen molar-refractivity contribution in [2.45, 2.75) is 26.8 Å². The minimum Gasteiger partial charge on any atom is -0.352 e. The smallest absolute Gasteiger partial charge is 0.254 e. The maximum atomic E-state index is 12.1. The van der Waals surface area contributed by atoms with Crippen molar-refractivity contribution >= 4 is 16.9 Å². The van der Waals surface area contributed by atoms with E-state index in [4.69, 9.17) is 0 Å². The van der Waals surface area contributed by atoms with Crippen molar-refractivity contribution in [3.63, 3.8) is 0 Å². The van der Waals surface area contributed by atoms with Crippen molar-refractivity contribution in [1.29, 1.82) is 0 Å². The van der Waals surface area contributed by atoms with E-state index in [0.717, 1.165) is 5.56 Å².